The molecule has 1 heterocycles. The van der Waals surface area contributed by atoms with Crippen molar-refractivity contribution in [1.82, 2.24) is 4.98 Å². The molecule has 1 atom stereocenters. The van der Waals surface area contributed by atoms with Crippen molar-refractivity contribution in [2.45, 2.75) is 74.4 Å². The first-order valence-corrected chi connectivity index (χ1v) is 13.4. The van der Waals surface area contributed by atoms with Gasteiger partial charge in [0.05, 0.1) is 16.6 Å². The van der Waals surface area contributed by atoms with Gasteiger partial charge in [0.1, 0.15) is 5.78 Å². The molecule has 1 aromatic heterocycles. The molecule has 172 valence electrons. The predicted octanol–water partition coefficient (Wildman–Crippen LogP) is 4.77. The molecule has 0 aliphatic heterocycles. The third-order valence-electron chi connectivity index (χ3n) is 6.91. The maximum absolute atomic E-state index is 13.5. The van der Waals surface area contributed by atoms with E-state index in [9.17, 15) is 18.0 Å². The number of aryl methyl sites for hydroxylation is 1. The summed E-state index contributed by atoms with van der Waals surface area (Å²) in [5.41, 5.74) is 3.92. The molecule has 5 rings (SSSR count). The number of carbonyl (C=O) groups is 2. The molecule has 3 fully saturated rings. The molecular formula is C27H29NO4S. The number of rotatable bonds is 8. The fraction of sp³-hybridized carbons (Fsp3) is 0.444. The number of allylic oxidation sites excluding steroid dienone is 2. The van der Waals surface area contributed by atoms with Gasteiger partial charge >= 0.3 is 0 Å². The quantitative estimate of drug-likeness (QED) is 0.527. The van der Waals surface area contributed by atoms with E-state index in [0.717, 1.165) is 48.8 Å². The number of hydrogen-bond acceptors (Lipinski definition) is 5. The number of carbonyl (C=O) groups excluding carboxylic acids is 2. The zero-order chi connectivity index (χ0) is 23.2. The Morgan fingerprint density at radius 2 is 1.88 bits per heavy atom. The number of nitrogens with zero attached hydrogens (tertiary/aromatic N) is 1. The number of aromatic nitrogens is 1. The highest BCUT2D eigenvalue weighted by atomic mass is 32.2. The average molecular weight is 464 g/mol. The van der Waals surface area contributed by atoms with Gasteiger partial charge in [-0.2, -0.15) is 0 Å². The van der Waals surface area contributed by atoms with Gasteiger partial charge in [-0.25, -0.2) is 8.42 Å². The highest BCUT2D eigenvalue weighted by Gasteiger charge is 2.40. The number of Topliss-reactive ketones (excluding diaryl/α,β-unsaturated/α-hetero) is 2. The van der Waals surface area contributed by atoms with Crippen LogP contribution in [0.5, 0.6) is 0 Å². The Kier molecular flexibility index (Phi) is 5.81. The molecule has 6 heteroatoms. The largest absolute Gasteiger partial charge is 0.300 e. The van der Waals surface area contributed by atoms with E-state index in [0.29, 0.717) is 29.0 Å². The van der Waals surface area contributed by atoms with E-state index in [-0.39, 0.29) is 35.1 Å². The standard InChI is InChI=1S/C27H29NO4S/c1-17-2-7-21(28-16-17)15-26(30)24(13-18-3-8-22(29)12-18)20-6-11-27(25(14-20)19-4-5-19)33(31,32)23-9-10-23/h2,6-7,11,13-14,16,18-19,23H,3-5,8-10,12,15H2,1H3/b24-13+/t18-/m0/s1. The van der Waals surface area contributed by atoms with Gasteiger partial charge in [-0.15, -0.1) is 0 Å². The Bertz CT molecular complexity index is 1240. The summed E-state index contributed by atoms with van der Waals surface area (Å²) >= 11 is 0. The van der Waals surface area contributed by atoms with Crippen molar-refractivity contribution in [2.24, 2.45) is 5.92 Å². The van der Waals surface area contributed by atoms with Crippen LogP contribution in [0.15, 0.2) is 47.5 Å². The molecule has 5 nitrogen and oxygen atoms in total. The highest BCUT2D eigenvalue weighted by molar-refractivity contribution is 7.92. The maximum Gasteiger partial charge on any atom is 0.181 e. The number of sulfone groups is 1. The molecule has 33 heavy (non-hydrogen) atoms. The van der Waals surface area contributed by atoms with Crippen LogP contribution in [0.1, 0.15) is 73.2 Å². The summed E-state index contributed by atoms with van der Waals surface area (Å²) in [6, 6.07) is 9.23. The van der Waals surface area contributed by atoms with Gasteiger partial charge < -0.3 is 0 Å². The smallest absolute Gasteiger partial charge is 0.181 e. The molecule has 3 aliphatic rings. The second kappa shape index (κ2) is 8.64. The fourth-order valence-electron chi connectivity index (χ4n) is 4.68. The van der Waals surface area contributed by atoms with Crippen LogP contribution in [0, 0.1) is 12.8 Å². The van der Waals surface area contributed by atoms with Crippen molar-refractivity contribution in [3.63, 3.8) is 0 Å². The summed E-state index contributed by atoms with van der Waals surface area (Å²) in [4.78, 5) is 30.1. The van der Waals surface area contributed by atoms with Crippen LogP contribution in [-0.4, -0.2) is 30.2 Å². The first-order chi connectivity index (χ1) is 15.8. The molecular weight excluding hydrogens is 434 g/mol. The van der Waals surface area contributed by atoms with E-state index < -0.39 is 9.84 Å². The van der Waals surface area contributed by atoms with E-state index in [4.69, 9.17) is 0 Å². The van der Waals surface area contributed by atoms with Crippen molar-refractivity contribution in [3.8, 4) is 0 Å². The van der Waals surface area contributed by atoms with E-state index in [1.807, 2.05) is 31.2 Å². The van der Waals surface area contributed by atoms with E-state index in [2.05, 4.69) is 4.98 Å². The number of ketones is 2. The lowest BCUT2D eigenvalue weighted by Gasteiger charge is -2.15. The van der Waals surface area contributed by atoms with Crippen LogP contribution in [0.4, 0.5) is 0 Å². The zero-order valence-electron chi connectivity index (χ0n) is 18.9. The third-order valence-corrected chi connectivity index (χ3v) is 9.24. The molecule has 0 bridgehead atoms. The molecule has 2 aromatic rings. The Hall–Kier alpha value is -2.60. The Labute approximate surface area is 195 Å². The van der Waals surface area contributed by atoms with Crippen molar-refractivity contribution < 1.29 is 18.0 Å². The molecule has 0 N–H and O–H groups in total. The average Bonchev–Trinajstić information content (AvgIpc) is 3.70. The van der Waals surface area contributed by atoms with Crippen LogP contribution >= 0.6 is 0 Å². The van der Waals surface area contributed by atoms with E-state index in [1.54, 1.807) is 18.3 Å². The minimum atomic E-state index is -3.31. The molecule has 0 saturated heterocycles. The summed E-state index contributed by atoms with van der Waals surface area (Å²) < 4.78 is 26.0. The van der Waals surface area contributed by atoms with Crippen molar-refractivity contribution in [2.75, 3.05) is 0 Å². The summed E-state index contributed by atoms with van der Waals surface area (Å²) in [5.74, 6) is 0.469. The Morgan fingerprint density at radius 1 is 1.09 bits per heavy atom. The van der Waals surface area contributed by atoms with Crippen LogP contribution in [0.2, 0.25) is 0 Å². The first kappa shape index (κ1) is 22.2. The molecule has 3 saturated carbocycles. The molecule has 1 aromatic carbocycles. The van der Waals surface area contributed by atoms with E-state index in [1.165, 1.54) is 0 Å². The fourth-order valence-corrected chi connectivity index (χ4v) is 6.61. The highest BCUT2D eigenvalue weighted by Crippen LogP contribution is 2.46. The summed E-state index contributed by atoms with van der Waals surface area (Å²) in [5, 5.41) is -0.255. The van der Waals surface area contributed by atoms with Crippen LogP contribution in [0.3, 0.4) is 0 Å². The van der Waals surface area contributed by atoms with Crippen molar-refractivity contribution in [3.05, 3.63) is 65.0 Å². The summed E-state index contributed by atoms with van der Waals surface area (Å²) in [6.45, 7) is 1.96. The molecule has 0 spiro atoms. The predicted molar refractivity (Wildman–Crippen MR) is 127 cm³/mol. The third kappa shape index (κ3) is 4.86. The summed E-state index contributed by atoms with van der Waals surface area (Å²) in [7, 11) is -3.31. The Morgan fingerprint density at radius 3 is 2.48 bits per heavy atom. The topological polar surface area (TPSA) is 81.2 Å². The van der Waals surface area contributed by atoms with Gasteiger partial charge in [0.2, 0.25) is 0 Å². The van der Waals surface area contributed by atoms with Gasteiger partial charge in [-0.3, -0.25) is 14.6 Å². The van der Waals surface area contributed by atoms with Crippen LogP contribution in [-0.2, 0) is 25.8 Å². The van der Waals surface area contributed by atoms with E-state index >= 15 is 0 Å². The number of benzene rings is 1. The van der Waals surface area contributed by atoms with Crippen LogP contribution in [0.25, 0.3) is 5.57 Å². The molecule has 0 amide bonds. The minimum Gasteiger partial charge on any atom is -0.300 e. The lowest BCUT2D eigenvalue weighted by molar-refractivity contribution is -0.117. The Balaban J connectivity index is 1.52. The molecule has 3 aliphatic carbocycles. The summed E-state index contributed by atoms with van der Waals surface area (Å²) in [6.07, 6.45) is 9.07. The van der Waals surface area contributed by atoms with Gasteiger partial charge in [0.25, 0.3) is 0 Å². The minimum absolute atomic E-state index is 0.0432. The monoisotopic (exact) mass is 463 g/mol. The molecule has 0 radical (unpaired) electrons. The number of hydrogen-bond donors (Lipinski definition) is 0. The SMILES string of the molecule is Cc1ccc(CC(=O)/C(=C/[C@H]2CCC(=O)C2)c2ccc(S(=O)(=O)C3CC3)c(C3CC3)c2)nc1. The van der Waals surface area contributed by atoms with Crippen molar-refractivity contribution >= 4 is 27.0 Å². The lowest BCUT2D eigenvalue weighted by Crippen LogP contribution is -2.12. The normalized spacial score (nSPS) is 21.4. The van der Waals surface area contributed by atoms with Crippen molar-refractivity contribution in [1.29, 1.82) is 0 Å². The number of pyridine rings is 1. The van der Waals surface area contributed by atoms with Gasteiger partial charge in [-0.05, 0) is 85.8 Å². The van der Waals surface area contributed by atoms with Crippen LogP contribution < -0.4 is 0 Å². The van der Waals surface area contributed by atoms with Gasteiger partial charge in [-0.1, -0.05) is 18.2 Å². The molecule has 0 unspecified atom stereocenters. The second-order valence-electron chi connectivity index (χ2n) is 9.82. The first-order valence-electron chi connectivity index (χ1n) is 11.9. The lowest BCUT2D eigenvalue weighted by atomic mass is 9.92. The zero-order valence-corrected chi connectivity index (χ0v) is 19.7. The van der Waals surface area contributed by atoms with Gasteiger partial charge in [0.15, 0.2) is 15.6 Å². The van der Waals surface area contributed by atoms with Gasteiger partial charge in [0, 0.05) is 30.3 Å². The maximum atomic E-state index is 13.5. The second-order valence-corrected chi connectivity index (χ2v) is 12.0.